The number of carbonyl (C=O) groups is 1. The van der Waals surface area contributed by atoms with Crippen molar-refractivity contribution >= 4 is 27.7 Å². The first-order valence-electron chi connectivity index (χ1n) is 8.69. The lowest BCUT2D eigenvalue weighted by Gasteiger charge is -2.07. The lowest BCUT2D eigenvalue weighted by atomic mass is 10.1. The van der Waals surface area contributed by atoms with Gasteiger partial charge in [-0.2, -0.15) is 0 Å². The van der Waals surface area contributed by atoms with Crippen molar-refractivity contribution in [3.8, 4) is 5.75 Å². The first kappa shape index (κ1) is 16.3. The highest BCUT2D eigenvalue weighted by molar-refractivity contribution is 5.85. The maximum atomic E-state index is 12.3. The number of fused-ring (bicyclic) bond motifs is 2. The lowest BCUT2D eigenvalue weighted by molar-refractivity contribution is -0.121. The van der Waals surface area contributed by atoms with Gasteiger partial charge in [-0.05, 0) is 47.7 Å². The Morgan fingerprint density at radius 2 is 2.08 bits per heavy atom. The molecule has 4 aromatic rings. The maximum absolute atomic E-state index is 12.3. The smallest absolute Gasteiger partial charge is 0.239 e. The van der Waals surface area contributed by atoms with E-state index in [2.05, 4.69) is 16.4 Å². The van der Waals surface area contributed by atoms with Crippen molar-refractivity contribution in [2.45, 2.75) is 13.0 Å². The van der Waals surface area contributed by atoms with Crippen LogP contribution in [0.4, 0.5) is 0 Å². The summed E-state index contributed by atoms with van der Waals surface area (Å²) in [5.41, 5.74) is 3.32. The van der Waals surface area contributed by atoms with E-state index in [1.807, 2.05) is 59.4 Å². The second-order valence-corrected chi connectivity index (χ2v) is 6.33. The fourth-order valence-corrected chi connectivity index (χ4v) is 3.32. The van der Waals surface area contributed by atoms with Gasteiger partial charge in [0.2, 0.25) is 5.91 Å². The molecule has 2 aromatic carbocycles. The van der Waals surface area contributed by atoms with Crippen LogP contribution in [-0.4, -0.2) is 29.1 Å². The number of carbonyl (C=O) groups excluding carboxylic acids is 1. The number of rotatable bonds is 6. The van der Waals surface area contributed by atoms with Crippen LogP contribution in [0.3, 0.4) is 0 Å². The molecule has 0 saturated heterocycles. The predicted molar refractivity (Wildman–Crippen MR) is 104 cm³/mol. The number of nitrogens with one attached hydrogen (secondary N) is 2. The molecule has 0 atom stereocenters. The topological polar surface area (TPSA) is 59.0 Å². The second-order valence-electron chi connectivity index (χ2n) is 6.33. The van der Waals surface area contributed by atoms with Crippen LogP contribution in [0.1, 0.15) is 5.56 Å². The number of amides is 1. The molecule has 2 aromatic heterocycles. The van der Waals surface area contributed by atoms with Crippen LogP contribution in [0.5, 0.6) is 5.75 Å². The van der Waals surface area contributed by atoms with Crippen molar-refractivity contribution in [2.75, 3.05) is 13.7 Å². The molecule has 2 heterocycles. The molecule has 1 amide bonds. The normalized spacial score (nSPS) is 11.1. The number of para-hydroxylation sites is 1. The van der Waals surface area contributed by atoms with Gasteiger partial charge in [-0.15, -0.1) is 0 Å². The summed E-state index contributed by atoms with van der Waals surface area (Å²) in [6.07, 6.45) is 4.72. The van der Waals surface area contributed by atoms with E-state index in [-0.39, 0.29) is 5.91 Å². The minimum absolute atomic E-state index is 0.0174. The summed E-state index contributed by atoms with van der Waals surface area (Å²) in [4.78, 5) is 15.5. The first-order chi connectivity index (χ1) is 12.7. The first-order valence-corrected chi connectivity index (χ1v) is 8.69. The van der Waals surface area contributed by atoms with E-state index in [9.17, 15) is 4.79 Å². The van der Waals surface area contributed by atoms with E-state index in [0.717, 1.165) is 34.0 Å². The Kier molecular flexibility index (Phi) is 4.35. The van der Waals surface area contributed by atoms with Gasteiger partial charge in [0, 0.05) is 35.4 Å². The third-order valence-corrected chi connectivity index (χ3v) is 4.69. The van der Waals surface area contributed by atoms with Gasteiger partial charge < -0.3 is 19.6 Å². The van der Waals surface area contributed by atoms with Gasteiger partial charge in [-0.25, -0.2) is 0 Å². The Morgan fingerprint density at radius 3 is 2.96 bits per heavy atom. The number of hydrogen-bond acceptors (Lipinski definition) is 2. The average Bonchev–Trinajstić information content (AvgIpc) is 3.26. The Balaban J connectivity index is 1.38. The Labute approximate surface area is 151 Å². The van der Waals surface area contributed by atoms with Gasteiger partial charge in [0.05, 0.1) is 7.11 Å². The molecule has 0 aliphatic heterocycles. The molecule has 4 rings (SSSR count). The van der Waals surface area contributed by atoms with E-state index in [0.29, 0.717) is 13.1 Å². The SMILES string of the molecule is COc1ccc2[nH]cc(CCNC(=O)Cn3ccc4ccccc43)c2c1. The third kappa shape index (κ3) is 3.16. The van der Waals surface area contributed by atoms with Crippen LogP contribution in [0.25, 0.3) is 21.8 Å². The summed E-state index contributed by atoms with van der Waals surface area (Å²) in [6, 6.07) is 16.1. The molecule has 0 spiro atoms. The van der Waals surface area contributed by atoms with Crippen LogP contribution in [0.15, 0.2) is 60.9 Å². The minimum atomic E-state index is 0.0174. The summed E-state index contributed by atoms with van der Waals surface area (Å²) in [5, 5.41) is 5.29. The second kappa shape index (κ2) is 6.96. The number of ether oxygens (including phenoxy) is 1. The van der Waals surface area contributed by atoms with E-state index in [1.54, 1.807) is 7.11 Å². The van der Waals surface area contributed by atoms with Crippen LogP contribution in [-0.2, 0) is 17.8 Å². The number of benzene rings is 2. The maximum Gasteiger partial charge on any atom is 0.239 e. The Bertz CT molecular complexity index is 1060. The van der Waals surface area contributed by atoms with Gasteiger partial charge in [0.25, 0.3) is 0 Å². The average molecular weight is 347 g/mol. The van der Waals surface area contributed by atoms with Gasteiger partial charge in [0.1, 0.15) is 12.3 Å². The van der Waals surface area contributed by atoms with Gasteiger partial charge in [-0.3, -0.25) is 4.79 Å². The molecule has 0 unspecified atom stereocenters. The van der Waals surface area contributed by atoms with E-state index in [4.69, 9.17) is 4.74 Å². The van der Waals surface area contributed by atoms with Crippen molar-refractivity contribution in [1.82, 2.24) is 14.9 Å². The molecular weight excluding hydrogens is 326 g/mol. The summed E-state index contributed by atoms with van der Waals surface area (Å²) < 4.78 is 7.27. The highest BCUT2D eigenvalue weighted by Crippen LogP contribution is 2.23. The van der Waals surface area contributed by atoms with Crippen molar-refractivity contribution in [1.29, 1.82) is 0 Å². The zero-order valence-corrected chi connectivity index (χ0v) is 14.7. The monoisotopic (exact) mass is 347 g/mol. The molecular formula is C21H21N3O2. The molecule has 0 aliphatic rings. The number of nitrogens with zero attached hydrogens (tertiary/aromatic N) is 1. The third-order valence-electron chi connectivity index (χ3n) is 4.69. The number of hydrogen-bond donors (Lipinski definition) is 2. The molecule has 26 heavy (non-hydrogen) atoms. The largest absolute Gasteiger partial charge is 0.497 e. The van der Waals surface area contributed by atoms with E-state index in [1.165, 1.54) is 5.56 Å². The van der Waals surface area contributed by atoms with Gasteiger partial charge in [-0.1, -0.05) is 18.2 Å². The summed E-state index contributed by atoms with van der Waals surface area (Å²) >= 11 is 0. The van der Waals surface area contributed by atoms with Crippen LogP contribution in [0.2, 0.25) is 0 Å². The summed E-state index contributed by atoms with van der Waals surface area (Å²) in [6.45, 7) is 0.928. The van der Waals surface area contributed by atoms with Gasteiger partial charge in [0.15, 0.2) is 0 Å². The number of methoxy groups -OCH3 is 1. The molecule has 0 saturated carbocycles. The number of H-pyrrole nitrogens is 1. The lowest BCUT2D eigenvalue weighted by Crippen LogP contribution is -2.29. The zero-order valence-electron chi connectivity index (χ0n) is 14.7. The minimum Gasteiger partial charge on any atom is -0.497 e. The molecule has 132 valence electrons. The molecule has 5 nitrogen and oxygen atoms in total. The molecule has 5 heteroatoms. The standard InChI is InChI=1S/C21H21N3O2/c1-26-17-6-7-19-18(12-17)16(13-23-19)8-10-22-21(25)14-24-11-9-15-4-2-3-5-20(15)24/h2-7,9,11-13,23H,8,10,14H2,1H3,(H,22,25). The number of aromatic nitrogens is 2. The molecule has 0 radical (unpaired) electrons. The number of aromatic amines is 1. The molecule has 0 aliphatic carbocycles. The highest BCUT2D eigenvalue weighted by atomic mass is 16.5. The van der Waals surface area contributed by atoms with Crippen LogP contribution < -0.4 is 10.1 Å². The van der Waals surface area contributed by atoms with E-state index >= 15 is 0 Å². The van der Waals surface area contributed by atoms with E-state index < -0.39 is 0 Å². The Hall–Kier alpha value is -3.21. The fourth-order valence-electron chi connectivity index (χ4n) is 3.32. The van der Waals surface area contributed by atoms with Gasteiger partial charge >= 0.3 is 0 Å². The highest BCUT2D eigenvalue weighted by Gasteiger charge is 2.08. The van der Waals surface area contributed by atoms with Crippen molar-refractivity contribution in [3.05, 3.63) is 66.5 Å². The quantitative estimate of drug-likeness (QED) is 0.561. The van der Waals surface area contributed by atoms with Crippen LogP contribution in [0, 0.1) is 0 Å². The van der Waals surface area contributed by atoms with Crippen LogP contribution >= 0.6 is 0 Å². The summed E-state index contributed by atoms with van der Waals surface area (Å²) in [5.74, 6) is 0.852. The molecule has 0 fully saturated rings. The molecule has 0 bridgehead atoms. The zero-order chi connectivity index (χ0) is 17.9. The van der Waals surface area contributed by atoms with Crippen molar-refractivity contribution < 1.29 is 9.53 Å². The van der Waals surface area contributed by atoms with Crippen molar-refractivity contribution in [3.63, 3.8) is 0 Å². The molecule has 2 N–H and O–H groups in total. The summed E-state index contributed by atoms with van der Waals surface area (Å²) in [7, 11) is 1.67. The Morgan fingerprint density at radius 1 is 1.19 bits per heavy atom. The fraction of sp³-hybridized carbons (Fsp3) is 0.190. The van der Waals surface area contributed by atoms with Crippen molar-refractivity contribution in [2.24, 2.45) is 0 Å². The predicted octanol–water partition coefficient (Wildman–Crippen LogP) is 3.49.